The van der Waals surface area contributed by atoms with Gasteiger partial charge in [0.05, 0.1) is 29.7 Å². The number of carbonyl (C=O) groups excluding carboxylic acids is 1. The SMILES string of the molecule is CCOc1cc(C(=O)Nc2ccc(OC(F)F)c(Cl)c2)c([N+](=O)[O-])cc1OC. The number of amides is 1. The van der Waals surface area contributed by atoms with Crippen LogP contribution in [0, 0.1) is 10.1 Å². The number of halogens is 3. The number of nitro benzene ring substituents is 1. The van der Waals surface area contributed by atoms with Crippen LogP contribution in [-0.4, -0.2) is 31.2 Å². The van der Waals surface area contributed by atoms with Gasteiger partial charge in [0, 0.05) is 11.8 Å². The van der Waals surface area contributed by atoms with Gasteiger partial charge in [0.15, 0.2) is 11.5 Å². The van der Waals surface area contributed by atoms with Crippen molar-refractivity contribution in [2.24, 2.45) is 0 Å². The minimum Gasteiger partial charge on any atom is -0.493 e. The average molecular weight is 417 g/mol. The molecule has 0 heterocycles. The van der Waals surface area contributed by atoms with Crippen molar-refractivity contribution < 1.29 is 32.7 Å². The number of ether oxygens (including phenoxy) is 3. The molecule has 8 nitrogen and oxygen atoms in total. The number of carbonyl (C=O) groups is 1. The predicted octanol–water partition coefficient (Wildman–Crippen LogP) is 4.51. The summed E-state index contributed by atoms with van der Waals surface area (Å²) in [5, 5.41) is 13.6. The van der Waals surface area contributed by atoms with Gasteiger partial charge < -0.3 is 19.5 Å². The molecule has 11 heteroatoms. The molecule has 2 aromatic carbocycles. The molecule has 150 valence electrons. The molecule has 0 atom stereocenters. The van der Waals surface area contributed by atoms with E-state index < -0.39 is 23.1 Å². The normalized spacial score (nSPS) is 10.5. The number of alkyl halides is 2. The van der Waals surface area contributed by atoms with Crippen LogP contribution in [0.15, 0.2) is 30.3 Å². The molecule has 0 saturated heterocycles. The summed E-state index contributed by atoms with van der Waals surface area (Å²) in [6.07, 6.45) is 0. The standard InChI is InChI=1S/C17H15ClF2N2O6/c1-3-27-15-7-10(12(22(24)25)8-14(15)26-2)16(23)21-9-4-5-13(11(18)6-9)28-17(19)20/h4-8,17H,3H2,1-2H3,(H,21,23). The van der Waals surface area contributed by atoms with Crippen LogP contribution < -0.4 is 19.5 Å². The second-order valence-corrected chi connectivity index (χ2v) is 5.60. The molecule has 0 aromatic heterocycles. The number of nitrogens with one attached hydrogen (secondary N) is 1. The zero-order chi connectivity index (χ0) is 20.8. The van der Waals surface area contributed by atoms with Gasteiger partial charge in [-0.15, -0.1) is 0 Å². The van der Waals surface area contributed by atoms with E-state index in [1.807, 2.05) is 0 Å². The van der Waals surface area contributed by atoms with Crippen molar-refractivity contribution in [2.75, 3.05) is 19.0 Å². The highest BCUT2D eigenvalue weighted by Gasteiger charge is 2.25. The minimum absolute atomic E-state index is 0.0987. The van der Waals surface area contributed by atoms with Crippen LogP contribution >= 0.6 is 11.6 Å². The van der Waals surface area contributed by atoms with Gasteiger partial charge in [-0.3, -0.25) is 14.9 Å². The van der Waals surface area contributed by atoms with Crippen molar-refractivity contribution in [3.8, 4) is 17.2 Å². The van der Waals surface area contributed by atoms with Crippen molar-refractivity contribution in [3.05, 3.63) is 51.0 Å². The Hall–Kier alpha value is -3.14. The maximum Gasteiger partial charge on any atom is 0.387 e. The van der Waals surface area contributed by atoms with Crippen LogP contribution in [0.1, 0.15) is 17.3 Å². The highest BCUT2D eigenvalue weighted by Crippen LogP contribution is 2.35. The molecule has 0 saturated carbocycles. The van der Waals surface area contributed by atoms with Crippen molar-refractivity contribution in [3.63, 3.8) is 0 Å². The topological polar surface area (TPSA) is 99.9 Å². The maximum atomic E-state index is 12.6. The Morgan fingerprint density at radius 1 is 1.25 bits per heavy atom. The summed E-state index contributed by atoms with van der Waals surface area (Å²) in [7, 11) is 1.31. The number of benzene rings is 2. The van der Waals surface area contributed by atoms with E-state index in [1.165, 1.54) is 25.3 Å². The van der Waals surface area contributed by atoms with Crippen LogP contribution in [0.25, 0.3) is 0 Å². The molecule has 0 aliphatic heterocycles. The number of rotatable bonds is 8. The van der Waals surface area contributed by atoms with Gasteiger partial charge in [-0.1, -0.05) is 11.6 Å². The Balaban J connectivity index is 2.36. The Bertz CT molecular complexity index is 894. The van der Waals surface area contributed by atoms with Crippen LogP contribution in [-0.2, 0) is 0 Å². The van der Waals surface area contributed by atoms with Gasteiger partial charge in [-0.05, 0) is 25.1 Å². The lowest BCUT2D eigenvalue weighted by atomic mass is 10.1. The van der Waals surface area contributed by atoms with E-state index >= 15 is 0 Å². The first-order valence-corrected chi connectivity index (χ1v) is 8.19. The fraction of sp³-hybridized carbons (Fsp3) is 0.235. The average Bonchev–Trinajstić information content (AvgIpc) is 2.63. The van der Waals surface area contributed by atoms with Gasteiger partial charge in [-0.25, -0.2) is 0 Å². The Morgan fingerprint density at radius 2 is 1.96 bits per heavy atom. The second kappa shape index (κ2) is 9.18. The molecule has 0 radical (unpaired) electrons. The van der Waals surface area contributed by atoms with Crippen LogP contribution in [0.3, 0.4) is 0 Å². The molecule has 2 rings (SSSR count). The molecule has 0 spiro atoms. The van der Waals surface area contributed by atoms with E-state index in [-0.39, 0.29) is 40.1 Å². The van der Waals surface area contributed by atoms with Gasteiger partial charge in [0.25, 0.3) is 11.6 Å². The number of anilines is 1. The van der Waals surface area contributed by atoms with E-state index in [0.29, 0.717) is 0 Å². The van der Waals surface area contributed by atoms with E-state index in [1.54, 1.807) is 6.92 Å². The van der Waals surface area contributed by atoms with E-state index in [0.717, 1.165) is 12.1 Å². The lowest BCUT2D eigenvalue weighted by molar-refractivity contribution is -0.385. The summed E-state index contributed by atoms with van der Waals surface area (Å²) in [6, 6.07) is 5.84. The highest BCUT2D eigenvalue weighted by atomic mass is 35.5. The maximum absolute atomic E-state index is 12.6. The fourth-order valence-electron chi connectivity index (χ4n) is 2.28. The Morgan fingerprint density at radius 3 is 2.50 bits per heavy atom. The van der Waals surface area contributed by atoms with Gasteiger partial charge in [0.1, 0.15) is 11.3 Å². The molecule has 1 amide bonds. The molecule has 0 unspecified atom stereocenters. The summed E-state index contributed by atoms with van der Waals surface area (Å²) in [6.45, 7) is -1.11. The molecule has 0 aliphatic carbocycles. The Labute approximate surface area is 163 Å². The van der Waals surface area contributed by atoms with E-state index in [4.69, 9.17) is 21.1 Å². The number of hydrogen-bond acceptors (Lipinski definition) is 6. The summed E-state index contributed by atoms with van der Waals surface area (Å²) < 4.78 is 39.2. The lowest BCUT2D eigenvalue weighted by Gasteiger charge is -2.13. The highest BCUT2D eigenvalue weighted by molar-refractivity contribution is 6.32. The summed E-state index contributed by atoms with van der Waals surface area (Å²) in [4.78, 5) is 23.2. The molecular formula is C17H15ClF2N2O6. The van der Waals surface area contributed by atoms with E-state index in [2.05, 4.69) is 10.1 Å². The smallest absolute Gasteiger partial charge is 0.387 e. The molecule has 0 aliphatic rings. The number of hydrogen-bond donors (Lipinski definition) is 1. The lowest BCUT2D eigenvalue weighted by Crippen LogP contribution is -2.15. The zero-order valence-electron chi connectivity index (χ0n) is 14.7. The summed E-state index contributed by atoms with van der Waals surface area (Å²) in [5.41, 5.74) is -0.653. The third kappa shape index (κ3) is 4.97. The third-order valence-electron chi connectivity index (χ3n) is 3.43. The quantitative estimate of drug-likeness (QED) is 0.502. The minimum atomic E-state index is -3.06. The van der Waals surface area contributed by atoms with Crippen molar-refractivity contribution in [2.45, 2.75) is 13.5 Å². The van der Waals surface area contributed by atoms with Crippen molar-refractivity contribution in [1.29, 1.82) is 0 Å². The Kier molecular flexibility index (Phi) is 6.94. The van der Waals surface area contributed by atoms with Gasteiger partial charge in [0.2, 0.25) is 0 Å². The summed E-state index contributed by atoms with van der Waals surface area (Å²) in [5.74, 6) is -0.848. The molecule has 0 bridgehead atoms. The largest absolute Gasteiger partial charge is 0.493 e. The van der Waals surface area contributed by atoms with Crippen LogP contribution in [0.4, 0.5) is 20.2 Å². The first-order valence-electron chi connectivity index (χ1n) is 7.81. The monoisotopic (exact) mass is 416 g/mol. The number of nitrogens with zero attached hydrogens (tertiary/aromatic N) is 1. The van der Waals surface area contributed by atoms with Crippen molar-refractivity contribution >= 4 is 28.9 Å². The summed E-state index contributed by atoms with van der Waals surface area (Å²) >= 11 is 5.84. The molecule has 28 heavy (non-hydrogen) atoms. The van der Waals surface area contributed by atoms with Crippen molar-refractivity contribution in [1.82, 2.24) is 0 Å². The molecule has 2 aromatic rings. The van der Waals surface area contributed by atoms with Gasteiger partial charge in [-0.2, -0.15) is 8.78 Å². The first kappa shape index (κ1) is 21.2. The van der Waals surface area contributed by atoms with E-state index in [9.17, 15) is 23.7 Å². The molecule has 0 fully saturated rings. The molecular weight excluding hydrogens is 402 g/mol. The third-order valence-corrected chi connectivity index (χ3v) is 3.72. The number of nitro groups is 1. The van der Waals surface area contributed by atoms with Gasteiger partial charge >= 0.3 is 6.61 Å². The van der Waals surface area contributed by atoms with Crippen LogP contribution in [0.2, 0.25) is 5.02 Å². The van der Waals surface area contributed by atoms with Crippen LogP contribution in [0.5, 0.6) is 17.2 Å². The zero-order valence-corrected chi connectivity index (χ0v) is 15.5. The fourth-order valence-corrected chi connectivity index (χ4v) is 2.50. The second-order valence-electron chi connectivity index (χ2n) is 5.19. The molecule has 1 N–H and O–H groups in total. The predicted molar refractivity (Wildman–Crippen MR) is 96.9 cm³/mol. The first-order chi connectivity index (χ1) is 13.3. The number of methoxy groups -OCH3 is 1.